The van der Waals surface area contributed by atoms with Crippen molar-refractivity contribution < 1.29 is 19.8 Å². The molecule has 3 saturated carbocycles. The van der Waals surface area contributed by atoms with E-state index in [-0.39, 0.29) is 0 Å². The van der Waals surface area contributed by atoms with Gasteiger partial charge in [-0.25, -0.2) is 0 Å². The highest BCUT2D eigenvalue weighted by molar-refractivity contribution is 5.79. The van der Waals surface area contributed by atoms with Crippen LogP contribution in [0.4, 0.5) is 0 Å². The molecule has 3 aliphatic carbocycles. The maximum Gasteiger partial charge on any atom is 0.312 e. The third-order valence-corrected chi connectivity index (χ3v) is 7.12. The largest absolute Gasteiger partial charge is 0.481 e. The highest BCUT2D eigenvalue weighted by Crippen LogP contribution is 2.53. The number of ketones is 1. The highest BCUT2D eigenvalue weighted by Gasteiger charge is 2.57. The second-order valence-corrected chi connectivity index (χ2v) is 8.19. The van der Waals surface area contributed by atoms with Crippen molar-refractivity contribution >= 4 is 11.8 Å². The Kier molecular flexibility index (Phi) is 4.82. The van der Waals surface area contributed by atoms with E-state index in [1.165, 1.54) is 0 Å². The van der Waals surface area contributed by atoms with Crippen molar-refractivity contribution in [3.8, 4) is 0 Å². The molecule has 0 aromatic carbocycles. The molecular weight excluding hydrogens is 292 g/mol. The Morgan fingerprint density at radius 2 is 1.39 bits per heavy atom. The van der Waals surface area contributed by atoms with Crippen molar-refractivity contribution in [1.82, 2.24) is 0 Å². The van der Waals surface area contributed by atoms with Crippen LogP contribution in [0, 0.1) is 17.3 Å². The standard InChI is InChI=1S/C19H30O4/c20-16-6-4-14(5-7-16)15-8-12-19(23,13-9-15)18(17(21)22)10-2-1-3-11-18/h14-15,23H,1-13H2,(H,21,22). The first-order valence-electron chi connectivity index (χ1n) is 9.44. The molecular formula is C19H30O4. The molecule has 3 fully saturated rings. The summed E-state index contributed by atoms with van der Waals surface area (Å²) in [7, 11) is 0. The van der Waals surface area contributed by atoms with Crippen LogP contribution in [-0.2, 0) is 9.59 Å². The summed E-state index contributed by atoms with van der Waals surface area (Å²) in [6.07, 6.45) is 10.7. The minimum atomic E-state index is -1.03. The molecule has 4 nitrogen and oxygen atoms in total. The van der Waals surface area contributed by atoms with E-state index in [1.54, 1.807) is 0 Å². The summed E-state index contributed by atoms with van der Waals surface area (Å²) in [6.45, 7) is 0. The summed E-state index contributed by atoms with van der Waals surface area (Å²) in [5.74, 6) is 0.768. The van der Waals surface area contributed by atoms with Gasteiger partial charge in [-0.3, -0.25) is 9.59 Å². The van der Waals surface area contributed by atoms with Crippen molar-refractivity contribution in [3.05, 3.63) is 0 Å². The van der Waals surface area contributed by atoms with Crippen molar-refractivity contribution in [1.29, 1.82) is 0 Å². The second kappa shape index (κ2) is 6.54. The van der Waals surface area contributed by atoms with Crippen molar-refractivity contribution in [2.45, 2.75) is 89.1 Å². The van der Waals surface area contributed by atoms with E-state index in [4.69, 9.17) is 0 Å². The van der Waals surface area contributed by atoms with Crippen LogP contribution >= 0.6 is 0 Å². The van der Waals surface area contributed by atoms with Gasteiger partial charge in [-0.2, -0.15) is 0 Å². The van der Waals surface area contributed by atoms with E-state index in [2.05, 4.69) is 0 Å². The first kappa shape index (κ1) is 16.9. The molecule has 0 bridgehead atoms. The van der Waals surface area contributed by atoms with Gasteiger partial charge in [-0.15, -0.1) is 0 Å². The number of aliphatic hydroxyl groups is 1. The number of rotatable bonds is 3. The topological polar surface area (TPSA) is 74.6 Å². The molecule has 0 radical (unpaired) electrons. The molecule has 2 N–H and O–H groups in total. The van der Waals surface area contributed by atoms with E-state index in [1.807, 2.05) is 0 Å². The van der Waals surface area contributed by atoms with Gasteiger partial charge in [0.2, 0.25) is 0 Å². The molecule has 0 aromatic rings. The van der Waals surface area contributed by atoms with Crippen LogP contribution in [0.5, 0.6) is 0 Å². The maximum atomic E-state index is 12.0. The zero-order valence-electron chi connectivity index (χ0n) is 14.1. The van der Waals surface area contributed by atoms with Gasteiger partial charge in [0.05, 0.1) is 11.0 Å². The average molecular weight is 322 g/mol. The van der Waals surface area contributed by atoms with E-state index in [0.717, 1.165) is 44.9 Å². The first-order valence-corrected chi connectivity index (χ1v) is 9.44. The quantitative estimate of drug-likeness (QED) is 0.831. The van der Waals surface area contributed by atoms with Gasteiger partial charge < -0.3 is 10.2 Å². The van der Waals surface area contributed by atoms with Gasteiger partial charge in [0.1, 0.15) is 5.78 Å². The molecule has 4 heteroatoms. The lowest BCUT2D eigenvalue weighted by molar-refractivity contribution is -0.184. The molecule has 0 spiro atoms. The lowest BCUT2D eigenvalue weighted by atomic mass is 9.56. The Morgan fingerprint density at radius 3 is 1.91 bits per heavy atom. The summed E-state index contributed by atoms with van der Waals surface area (Å²) in [5.41, 5.74) is -1.95. The highest BCUT2D eigenvalue weighted by atomic mass is 16.4. The number of carbonyl (C=O) groups is 2. The number of carboxylic acids is 1. The third kappa shape index (κ3) is 3.07. The van der Waals surface area contributed by atoms with Crippen LogP contribution in [0.1, 0.15) is 83.5 Å². The fourth-order valence-electron chi connectivity index (χ4n) is 5.53. The summed E-state index contributed by atoms with van der Waals surface area (Å²) >= 11 is 0. The summed E-state index contributed by atoms with van der Waals surface area (Å²) in [4.78, 5) is 23.4. The Balaban J connectivity index is 1.66. The minimum absolute atomic E-state index is 0.389. The average Bonchev–Trinajstić information content (AvgIpc) is 2.57. The Morgan fingerprint density at radius 1 is 0.870 bits per heavy atom. The lowest BCUT2D eigenvalue weighted by Gasteiger charge is -2.50. The van der Waals surface area contributed by atoms with E-state index in [9.17, 15) is 19.8 Å². The Labute approximate surface area is 138 Å². The van der Waals surface area contributed by atoms with E-state index >= 15 is 0 Å². The zero-order chi connectivity index (χ0) is 16.5. The van der Waals surface area contributed by atoms with Crippen molar-refractivity contribution in [2.24, 2.45) is 17.3 Å². The van der Waals surface area contributed by atoms with Crippen molar-refractivity contribution in [2.75, 3.05) is 0 Å². The molecule has 0 amide bonds. The molecule has 23 heavy (non-hydrogen) atoms. The van der Waals surface area contributed by atoms with Gasteiger partial charge in [0.15, 0.2) is 0 Å². The molecule has 0 saturated heterocycles. The fraction of sp³-hybridized carbons (Fsp3) is 0.895. The number of hydrogen-bond donors (Lipinski definition) is 2. The lowest BCUT2D eigenvalue weighted by Crippen LogP contribution is -2.56. The predicted octanol–water partition coefficient (Wildman–Crippen LogP) is 3.70. The number of carboxylic acid groups (broad SMARTS) is 1. The van der Waals surface area contributed by atoms with Crippen LogP contribution in [0.2, 0.25) is 0 Å². The Hall–Kier alpha value is -0.900. The SMILES string of the molecule is O=C1CCC(C2CCC(O)(C3(C(=O)O)CCCCC3)CC2)CC1. The van der Waals surface area contributed by atoms with Crippen LogP contribution in [0.15, 0.2) is 0 Å². The number of aliphatic carboxylic acids is 1. The molecule has 0 atom stereocenters. The number of Topliss-reactive ketones (excluding diaryl/α,β-unsaturated/α-hetero) is 1. The maximum absolute atomic E-state index is 12.0. The van der Waals surface area contributed by atoms with Crippen LogP contribution < -0.4 is 0 Å². The summed E-state index contributed by atoms with van der Waals surface area (Å²) in [6, 6.07) is 0. The second-order valence-electron chi connectivity index (χ2n) is 8.19. The minimum Gasteiger partial charge on any atom is -0.481 e. The molecule has 130 valence electrons. The molecule has 0 unspecified atom stereocenters. The molecule has 3 rings (SSSR count). The van der Waals surface area contributed by atoms with Gasteiger partial charge in [0.25, 0.3) is 0 Å². The van der Waals surface area contributed by atoms with Gasteiger partial charge in [-0.05, 0) is 63.2 Å². The zero-order valence-corrected chi connectivity index (χ0v) is 14.1. The smallest absolute Gasteiger partial charge is 0.312 e. The van der Waals surface area contributed by atoms with Crippen LogP contribution in [0.25, 0.3) is 0 Å². The van der Waals surface area contributed by atoms with E-state index in [0.29, 0.717) is 56.1 Å². The van der Waals surface area contributed by atoms with Gasteiger partial charge in [-0.1, -0.05) is 19.3 Å². The van der Waals surface area contributed by atoms with Crippen molar-refractivity contribution in [3.63, 3.8) is 0 Å². The third-order valence-electron chi connectivity index (χ3n) is 7.12. The van der Waals surface area contributed by atoms with Crippen LogP contribution in [-0.4, -0.2) is 27.6 Å². The predicted molar refractivity (Wildman–Crippen MR) is 87.0 cm³/mol. The Bertz CT molecular complexity index is 446. The van der Waals surface area contributed by atoms with Gasteiger partial charge in [0, 0.05) is 12.8 Å². The van der Waals surface area contributed by atoms with Gasteiger partial charge >= 0.3 is 5.97 Å². The number of carbonyl (C=O) groups excluding carboxylic acids is 1. The summed E-state index contributed by atoms with van der Waals surface area (Å²) in [5, 5.41) is 21.1. The number of hydrogen-bond acceptors (Lipinski definition) is 3. The normalized spacial score (nSPS) is 35.9. The molecule has 0 aliphatic heterocycles. The fourth-order valence-corrected chi connectivity index (χ4v) is 5.53. The van der Waals surface area contributed by atoms with Crippen LogP contribution in [0.3, 0.4) is 0 Å². The summed E-state index contributed by atoms with van der Waals surface area (Å²) < 4.78 is 0. The molecule has 0 heterocycles. The molecule has 3 aliphatic rings. The van der Waals surface area contributed by atoms with E-state index < -0.39 is 17.0 Å². The monoisotopic (exact) mass is 322 g/mol. The molecule has 0 aromatic heterocycles. The first-order chi connectivity index (χ1) is 11.0.